The Morgan fingerprint density at radius 3 is 1.00 bits per heavy atom. The SMILES string of the molecule is Br.Br.C[As]. The molecular formula is CH5AsBr2. The summed E-state index contributed by atoms with van der Waals surface area (Å²) < 4.78 is 0. The molecule has 0 nitrogen and oxygen atoms in total. The molecule has 0 fully saturated rings. The molecule has 0 saturated heterocycles. The van der Waals surface area contributed by atoms with E-state index in [9.17, 15) is 0 Å². The van der Waals surface area contributed by atoms with E-state index in [4.69, 9.17) is 0 Å². The molecule has 3 heteroatoms. The fourth-order valence-electron chi connectivity index (χ4n) is 0. The maximum atomic E-state index is 2.31. The van der Waals surface area contributed by atoms with Crippen LogP contribution in [0.4, 0.5) is 0 Å². The fraction of sp³-hybridized carbons (Fsp3) is 1.00. The van der Waals surface area contributed by atoms with Crippen molar-refractivity contribution in [2.24, 2.45) is 0 Å². The topological polar surface area (TPSA) is 0 Å². The van der Waals surface area contributed by atoms with Gasteiger partial charge in [0.15, 0.2) is 0 Å². The zero-order chi connectivity index (χ0) is 2.00. The van der Waals surface area contributed by atoms with Crippen molar-refractivity contribution in [2.45, 2.75) is 5.71 Å². The van der Waals surface area contributed by atoms with Crippen LogP contribution in [-0.4, -0.2) is 16.9 Å². The molecule has 0 heterocycles. The molecule has 0 N–H and O–H groups in total. The monoisotopic (exact) mass is 250 g/mol. The first-order chi connectivity index (χ1) is 1.00. The summed E-state index contributed by atoms with van der Waals surface area (Å²) >= 11 is 2.31. The summed E-state index contributed by atoms with van der Waals surface area (Å²) in [6, 6.07) is 0. The van der Waals surface area contributed by atoms with Gasteiger partial charge in [-0.3, -0.25) is 0 Å². The van der Waals surface area contributed by atoms with E-state index in [1.807, 2.05) is 5.71 Å². The number of hydrogen-bond donors (Lipinski definition) is 0. The normalized spacial score (nSPS) is 1.50. The molecule has 0 spiro atoms. The Morgan fingerprint density at radius 1 is 1.00 bits per heavy atom. The number of hydrogen-bond acceptors (Lipinski definition) is 0. The molecule has 0 aromatic carbocycles. The molecule has 0 aromatic heterocycles. The standard InChI is InChI=1S/CH3As.2BrH/c1-2;;/h1H3;2*1H. The summed E-state index contributed by atoms with van der Waals surface area (Å²) in [7, 11) is 0. The van der Waals surface area contributed by atoms with Gasteiger partial charge < -0.3 is 0 Å². The first-order valence-electron chi connectivity index (χ1n) is 0.447. The van der Waals surface area contributed by atoms with Crippen LogP contribution >= 0.6 is 34.0 Å². The predicted octanol–water partition coefficient (Wildman–Crippen LogP) is 1.36. The van der Waals surface area contributed by atoms with Crippen molar-refractivity contribution >= 4 is 50.8 Å². The molecule has 0 rings (SSSR count). The molecule has 0 saturated carbocycles. The van der Waals surface area contributed by atoms with Crippen molar-refractivity contribution in [1.82, 2.24) is 0 Å². The minimum atomic E-state index is 0. The zero-order valence-corrected chi connectivity index (χ0v) is 7.57. The predicted molar refractivity (Wildman–Crippen MR) is 32.3 cm³/mol. The van der Waals surface area contributed by atoms with Gasteiger partial charge in [-0.1, -0.05) is 0 Å². The van der Waals surface area contributed by atoms with Crippen molar-refractivity contribution in [2.75, 3.05) is 0 Å². The molecule has 0 aliphatic carbocycles. The van der Waals surface area contributed by atoms with Gasteiger partial charge in [-0.15, -0.1) is 34.0 Å². The first-order valence-corrected chi connectivity index (χ1v) is 2.32. The van der Waals surface area contributed by atoms with Gasteiger partial charge in [0, 0.05) is 0 Å². The molecule has 0 aliphatic heterocycles. The van der Waals surface area contributed by atoms with Crippen LogP contribution in [0.25, 0.3) is 0 Å². The van der Waals surface area contributed by atoms with E-state index in [1.54, 1.807) is 0 Å². The van der Waals surface area contributed by atoms with E-state index in [-0.39, 0.29) is 34.0 Å². The minimum absolute atomic E-state index is 0. The van der Waals surface area contributed by atoms with Gasteiger partial charge in [-0.05, 0) is 0 Å². The molecule has 0 bridgehead atoms. The van der Waals surface area contributed by atoms with Crippen LogP contribution in [0, 0.1) is 0 Å². The molecule has 2 radical (unpaired) electrons. The molecule has 0 amide bonds. The van der Waals surface area contributed by atoms with Gasteiger partial charge in [-0.2, -0.15) is 0 Å². The molecule has 0 unspecified atom stereocenters. The van der Waals surface area contributed by atoms with E-state index in [1.165, 1.54) is 0 Å². The summed E-state index contributed by atoms with van der Waals surface area (Å²) in [5.74, 6) is 0. The summed E-state index contributed by atoms with van der Waals surface area (Å²) in [5, 5.41) is 0. The molecular weight excluding hydrogens is 247 g/mol. The second kappa shape index (κ2) is 24.3. The summed E-state index contributed by atoms with van der Waals surface area (Å²) in [6.07, 6.45) is 0. The number of halogens is 2. The van der Waals surface area contributed by atoms with Crippen molar-refractivity contribution < 1.29 is 0 Å². The van der Waals surface area contributed by atoms with Crippen molar-refractivity contribution in [1.29, 1.82) is 0 Å². The van der Waals surface area contributed by atoms with Crippen molar-refractivity contribution in [3.05, 3.63) is 0 Å². The van der Waals surface area contributed by atoms with Crippen LogP contribution in [0.3, 0.4) is 0 Å². The quantitative estimate of drug-likeness (QED) is 0.571. The Labute approximate surface area is 56.4 Å². The van der Waals surface area contributed by atoms with Crippen LogP contribution < -0.4 is 0 Å². The Bertz CT molecular complexity index is 6.00. The maximum absolute atomic E-state index is 2.31. The number of rotatable bonds is 0. The average molecular weight is 252 g/mol. The third-order valence-electron chi connectivity index (χ3n) is 0. The fourth-order valence-corrected chi connectivity index (χ4v) is 0. The van der Waals surface area contributed by atoms with Crippen LogP contribution in [0.1, 0.15) is 0 Å². The van der Waals surface area contributed by atoms with E-state index in [0.29, 0.717) is 0 Å². The van der Waals surface area contributed by atoms with Crippen LogP contribution in [0.5, 0.6) is 0 Å². The molecule has 28 valence electrons. The van der Waals surface area contributed by atoms with Gasteiger partial charge in [0.1, 0.15) is 0 Å². The van der Waals surface area contributed by atoms with Crippen molar-refractivity contribution in [3.63, 3.8) is 0 Å². The van der Waals surface area contributed by atoms with Gasteiger partial charge in [0.25, 0.3) is 0 Å². The van der Waals surface area contributed by atoms with E-state index >= 15 is 0 Å². The van der Waals surface area contributed by atoms with Crippen LogP contribution in [0.2, 0.25) is 5.71 Å². The Morgan fingerprint density at radius 2 is 1.00 bits per heavy atom. The van der Waals surface area contributed by atoms with E-state index in [0.717, 1.165) is 0 Å². The second-order valence-corrected chi connectivity index (χ2v) is 0. The van der Waals surface area contributed by atoms with Crippen molar-refractivity contribution in [3.8, 4) is 0 Å². The van der Waals surface area contributed by atoms with Crippen LogP contribution in [0.15, 0.2) is 0 Å². The van der Waals surface area contributed by atoms with Gasteiger partial charge >= 0.3 is 22.6 Å². The summed E-state index contributed by atoms with van der Waals surface area (Å²) in [6.45, 7) is 0. The summed E-state index contributed by atoms with van der Waals surface area (Å²) in [4.78, 5) is 0. The summed E-state index contributed by atoms with van der Waals surface area (Å²) in [5.41, 5.74) is 1.94. The van der Waals surface area contributed by atoms with Gasteiger partial charge in [0.05, 0.1) is 0 Å². The molecule has 0 aromatic rings. The van der Waals surface area contributed by atoms with Gasteiger partial charge in [0.2, 0.25) is 0 Å². The Balaban J connectivity index is -0.00000000500. The molecule has 0 aliphatic rings. The average Bonchev–Trinajstić information content (AvgIpc) is 1.00. The van der Waals surface area contributed by atoms with Gasteiger partial charge in [-0.25, -0.2) is 0 Å². The Kier molecular flexibility index (Phi) is 108. The third kappa shape index (κ3) is 9.68. The second-order valence-electron chi connectivity index (χ2n) is 0. The Hall–Kier alpha value is 1.52. The third-order valence-corrected chi connectivity index (χ3v) is 0. The van der Waals surface area contributed by atoms with Crippen LogP contribution in [-0.2, 0) is 0 Å². The zero-order valence-electron chi connectivity index (χ0n) is 2.26. The molecule has 0 atom stereocenters. The first kappa shape index (κ1) is 17.8. The molecule has 4 heavy (non-hydrogen) atoms. The van der Waals surface area contributed by atoms with E-state index < -0.39 is 0 Å². The van der Waals surface area contributed by atoms with E-state index in [2.05, 4.69) is 16.9 Å².